The Morgan fingerprint density at radius 2 is 1.70 bits per heavy atom. The lowest BCUT2D eigenvalue weighted by molar-refractivity contribution is -0.144. The Morgan fingerprint density at radius 1 is 1.03 bits per heavy atom. The first-order valence-electron chi connectivity index (χ1n) is 10.5. The van der Waals surface area contributed by atoms with Crippen molar-refractivity contribution in [3.05, 3.63) is 88.7 Å². The summed E-state index contributed by atoms with van der Waals surface area (Å²) in [4.78, 5) is 30.8. The number of para-hydroxylation sites is 2. The van der Waals surface area contributed by atoms with Crippen molar-refractivity contribution in [2.24, 2.45) is 0 Å². The molecule has 4 rings (SSSR count). The third kappa shape index (κ3) is 5.01. The number of amides is 1. The van der Waals surface area contributed by atoms with Gasteiger partial charge in [0.1, 0.15) is 6.61 Å². The molecule has 0 aliphatic rings. The molecule has 2 heterocycles. The smallest absolute Gasteiger partial charge is 0.310 e. The molecule has 0 atom stereocenters. The van der Waals surface area contributed by atoms with Crippen LogP contribution in [-0.2, 0) is 27.4 Å². The highest BCUT2D eigenvalue weighted by molar-refractivity contribution is 7.14. The summed E-state index contributed by atoms with van der Waals surface area (Å²) >= 11 is 1.33. The Hall–Kier alpha value is -3.78. The predicted octanol–water partition coefficient (Wildman–Crippen LogP) is 4.92. The van der Waals surface area contributed by atoms with E-state index in [1.54, 1.807) is 10.3 Å². The van der Waals surface area contributed by atoms with E-state index in [1.165, 1.54) is 18.3 Å². The second-order valence-corrected chi connectivity index (χ2v) is 8.38. The maximum Gasteiger partial charge on any atom is 0.310 e. The summed E-state index contributed by atoms with van der Waals surface area (Å²) in [6, 6.07) is 19.1. The van der Waals surface area contributed by atoms with Crippen molar-refractivity contribution in [2.75, 3.05) is 4.90 Å². The molecule has 1 amide bonds. The summed E-state index contributed by atoms with van der Waals surface area (Å²) < 4.78 is 7.32. The van der Waals surface area contributed by atoms with E-state index in [4.69, 9.17) is 4.74 Å². The van der Waals surface area contributed by atoms with Gasteiger partial charge in [-0.1, -0.05) is 36.4 Å². The number of aryl methyl sites for hydroxylation is 1. The zero-order valence-electron chi connectivity index (χ0n) is 18.7. The fourth-order valence-electron chi connectivity index (χ4n) is 3.57. The van der Waals surface area contributed by atoms with Crippen LogP contribution in [0.5, 0.6) is 0 Å². The summed E-state index contributed by atoms with van der Waals surface area (Å²) in [6.45, 7) is 5.37. The largest absolute Gasteiger partial charge is 0.459 e. The van der Waals surface area contributed by atoms with Crippen molar-refractivity contribution in [3.63, 3.8) is 0 Å². The van der Waals surface area contributed by atoms with Gasteiger partial charge in [-0.25, -0.2) is 9.67 Å². The minimum Gasteiger partial charge on any atom is -0.459 e. The van der Waals surface area contributed by atoms with Crippen LogP contribution >= 0.6 is 11.3 Å². The molecule has 2 aromatic heterocycles. The van der Waals surface area contributed by atoms with Gasteiger partial charge in [0.25, 0.3) is 0 Å². The van der Waals surface area contributed by atoms with Crippen molar-refractivity contribution in [2.45, 2.75) is 33.8 Å². The first kappa shape index (κ1) is 22.4. The number of anilines is 2. The Labute approximate surface area is 196 Å². The SMILES string of the molecule is CC(=O)N(c1ccccc1)c1nc(COC(=O)Cc2c(C)nn(-c3ccccc3)c2C)cs1. The summed E-state index contributed by atoms with van der Waals surface area (Å²) in [5, 5.41) is 6.92. The van der Waals surface area contributed by atoms with E-state index >= 15 is 0 Å². The van der Waals surface area contributed by atoms with Crippen LogP contribution in [0.2, 0.25) is 0 Å². The average Bonchev–Trinajstić information content (AvgIpc) is 3.39. The van der Waals surface area contributed by atoms with Gasteiger partial charge in [-0.3, -0.25) is 14.5 Å². The number of rotatable bonds is 7. The summed E-state index contributed by atoms with van der Waals surface area (Å²) in [5.41, 5.74) is 4.84. The first-order valence-corrected chi connectivity index (χ1v) is 11.4. The molecule has 0 saturated carbocycles. The molecule has 0 fully saturated rings. The highest BCUT2D eigenvalue weighted by Crippen LogP contribution is 2.29. The molecule has 0 aliphatic carbocycles. The van der Waals surface area contributed by atoms with Crippen LogP contribution in [0.15, 0.2) is 66.0 Å². The lowest BCUT2D eigenvalue weighted by atomic mass is 10.1. The van der Waals surface area contributed by atoms with Crippen LogP contribution in [0.1, 0.15) is 29.6 Å². The van der Waals surface area contributed by atoms with Crippen LogP contribution in [0, 0.1) is 13.8 Å². The van der Waals surface area contributed by atoms with Crippen molar-refractivity contribution < 1.29 is 14.3 Å². The third-order valence-electron chi connectivity index (χ3n) is 5.20. The van der Waals surface area contributed by atoms with Crippen LogP contribution in [0.4, 0.5) is 10.8 Å². The quantitative estimate of drug-likeness (QED) is 0.366. The van der Waals surface area contributed by atoms with Gasteiger partial charge >= 0.3 is 5.97 Å². The third-order valence-corrected chi connectivity index (χ3v) is 6.08. The molecule has 8 heteroatoms. The molecule has 7 nitrogen and oxygen atoms in total. The molecule has 2 aromatic carbocycles. The van der Waals surface area contributed by atoms with Gasteiger partial charge in [0.05, 0.1) is 29.2 Å². The normalized spacial score (nSPS) is 10.8. The minimum atomic E-state index is -0.352. The second kappa shape index (κ2) is 9.79. The molecule has 0 aliphatic heterocycles. The number of carbonyl (C=O) groups is 2. The maximum atomic E-state index is 12.6. The highest BCUT2D eigenvalue weighted by Gasteiger charge is 2.19. The molecule has 0 saturated heterocycles. The van der Waals surface area contributed by atoms with Crippen molar-refractivity contribution >= 4 is 34.0 Å². The van der Waals surface area contributed by atoms with Gasteiger partial charge in [0, 0.05) is 23.6 Å². The Balaban J connectivity index is 1.42. The lowest BCUT2D eigenvalue weighted by Crippen LogP contribution is -2.22. The fourth-order valence-corrected chi connectivity index (χ4v) is 4.44. The van der Waals surface area contributed by atoms with Gasteiger partial charge in [-0.15, -0.1) is 11.3 Å². The molecule has 0 unspecified atom stereocenters. The van der Waals surface area contributed by atoms with Gasteiger partial charge in [-0.2, -0.15) is 5.10 Å². The van der Waals surface area contributed by atoms with Gasteiger partial charge in [0.15, 0.2) is 5.13 Å². The van der Waals surface area contributed by atoms with Gasteiger partial charge in [0.2, 0.25) is 5.91 Å². The molecule has 0 radical (unpaired) electrons. The monoisotopic (exact) mass is 460 g/mol. The van der Waals surface area contributed by atoms with E-state index in [0.29, 0.717) is 10.8 Å². The van der Waals surface area contributed by atoms with Crippen LogP contribution in [-0.4, -0.2) is 26.6 Å². The number of aromatic nitrogens is 3. The summed E-state index contributed by atoms with van der Waals surface area (Å²) in [5.74, 6) is -0.490. The predicted molar refractivity (Wildman–Crippen MR) is 128 cm³/mol. The Bertz CT molecular complexity index is 1270. The molecule has 0 bridgehead atoms. The number of nitrogens with zero attached hydrogens (tertiary/aromatic N) is 4. The minimum absolute atomic E-state index is 0.0424. The maximum absolute atomic E-state index is 12.6. The number of hydrogen-bond donors (Lipinski definition) is 0. The molecule has 0 N–H and O–H groups in total. The lowest BCUT2D eigenvalue weighted by Gasteiger charge is -2.17. The zero-order chi connectivity index (χ0) is 23.4. The van der Waals surface area contributed by atoms with E-state index in [2.05, 4.69) is 10.1 Å². The van der Waals surface area contributed by atoms with Crippen molar-refractivity contribution in [1.82, 2.24) is 14.8 Å². The fraction of sp³-hybridized carbons (Fsp3) is 0.200. The number of ether oxygens (including phenoxy) is 1. The molecule has 33 heavy (non-hydrogen) atoms. The number of thiazole rings is 1. The number of esters is 1. The summed E-state index contributed by atoms with van der Waals surface area (Å²) in [7, 11) is 0. The Morgan fingerprint density at radius 3 is 2.36 bits per heavy atom. The van der Waals surface area contributed by atoms with Crippen LogP contribution in [0.3, 0.4) is 0 Å². The van der Waals surface area contributed by atoms with E-state index in [-0.39, 0.29) is 24.9 Å². The van der Waals surface area contributed by atoms with E-state index in [9.17, 15) is 9.59 Å². The second-order valence-electron chi connectivity index (χ2n) is 7.55. The Kier molecular flexibility index (Phi) is 6.65. The summed E-state index contributed by atoms with van der Waals surface area (Å²) in [6.07, 6.45) is 0.130. The zero-order valence-corrected chi connectivity index (χ0v) is 19.5. The van der Waals surface area contributed by atoms with Crippen LogP contribution in [0.25, 0.3) is 5.69 Å². The molecule has 4 aromatic rings. The number of hydrogen-bond acceptors (Lipinski definition) is 6. The standard InChI is InChI=1S/C25H24N4O3S/c1-17-23(18(2)29(27-17)22-12-8-5-9-13-22)14-24(31)32-15-20-16-33-25(26-20)28(19(3)30)21-10-6-4-7-11-21/h4-13,16H,14-15H2,1-3H3. The first-order chi connectivity index (χ1) is 15.9. The van der Waals surface area contributed by atoms with Crippen molar-refractivity contribution in [1.29, 1.82) is 0 Å². The molecule has 0 spiro atoms. The number of carbonyl (C=O) groups excluding carboxylic acids is 2. The van der Waals surface area contributed by atoms with E-state index in [1.807, 2.05) is 79.2 Å². The molecular weight excluding hydrogens is 436 g/mol. The van der Waals surface area contributed by atoms with Gasteiger partial charge in [-0.05, 0) is 38.1 Å². The van der Waals surface area contributed by atoms with Gasteiger partial charge < -0.3 is 4.74 Å². The topological polar surface area (TPSA) is 77.3 Å². The molecular formula is C25H24N4O3S. The average molecular weight is 461 g/mol. The van der Waals surface area contributed by atoms with Crippen LogP contribution < -0.4 is 4.90 Å². The number of benzene rings is 2. The van der Waals surface area contributed by atoms with E-state index < -0.39 is 0 Å². The van der Waals surface area contributed by atoms with Crippen molar-refractivity contribution in [3.8, 4) is 5.69 Å². The highest BCUT2D eigenvalue weighted by atomic mass is 32.1. The van der Waals surface area contributed by atoms with E-state index in [0.717, 1.165) is 28.3 Å². The molecule has 168 valence electrons.